The lowest BCUT2D eigenvalue weighted by Gasteiger charge is -2.31. The molecule has 2 rings (SSSR count). The third-order valence-electron chi connectivity index (χ3n) is 3.36. The van der Waals surface area contributed by atoms with E-state index in [1.54, 1.807) is 13.2 Å². The Morgan fingerprint density at radius 2 is 2.39 bits per heavy atom. The maximum Gasteiger partial charge on any atom is 0.267 e. The van der Waals surface area contributed by atoms with Gasteiger partial charge in [0.05, 0.1) is 12.7 Å². The van der Waals surface area contributed by atoms with Crippen molar-refractivity contribution in [3.05, 3.63) is 24.0 Å². The number of carbonyl (C=O) groups excluding carboxylic acids is 1. The minimum Gasteiger partial charge on any atom is -0.393 e. The molecule has 1 aliphatic carbocycles. The van der Waals surface area contributed by atoms with Gasteiger partial charge < -0.3 is 19.7 Å². The van der Waals surface area contributed by atoms with Crippen LogP contribution in [0.2, 0.25) is 0 Å². The highest BCUT2D eigenvalue weighted by Crippen LogP contribution is 2.26. The monoisotopic (exact) mass is 252 g/mol. The molecule has 0 spiro atoms. The van der Waals surface area contributed by atoms with Crippen molar-refractivity contribution >= 4 is 5.91 Å². The summed E-state index contributed by atoms with van der Waals surface area (Å²) in [5, 5.41) is 12.1. The average Bonchev–Trinajstić information content (AvgIpc) is 2.78. The summed E-state index contributed by atoms with van der Waals surface area (Å²) in [5.41, 5.74) is 0.659. The van der Waals surface area contributed by atoms with Gasteiger partial charge in [-0.1, -0.05) is 0 Å². The molecule has 2 N–H and O–H groups in total. The van der Waals surface area contributed by atoms with E-state index < -0.39 is 0 Å². The van der Waals surface area contributed by atoms with E-state index in [0.717, 1.165) is 12.8 Å². The number of hydrogen-bond acceptors (Lipinski definition) is 3. The maximum atomic E-state index is 12.0. The SMILES string of the molecule is COCCn1cccc1C(=O)NCC1CC(O)C1. The minimum absolute atomic E-state index is 0.0579. The van der Waals surface area contributed by atoms with Gasteiger partial charge in [0.1, 0.15) is 5.69 Å². The van der Waals surface area contributed by atoms with Gasteiger partial charge in [-0.25, -0.2) is 0 Å². The fourth-order valence-corrected chi connectivity index (χ4v) is 2.20. The smallest absolute Gasteiger partial charge is 0.267 e. The van der Waals surface area contributed by atoms with Crippen molar-refractivity contribution in [1.82, 2.24) is 9.88 Å². The number of nitrogens with one attached hydrogen (secondary N) is 1. The van der Waals surface area contributed by atoms with Crippen LogP contribution in [-0.4, -0.2) is 41.9 Å². The number of carbonyl (C=O) groups is 1. The summed E-state index contributed by atoms with van der Waals surface area (Å²) in [5.74, 6) is 0.365. The van der Waals surface area contributed by atoms with Crippen molar-refractivity contribution in [3.8, 4) is 0 Å². The Morgan fingerprint density at radius 1 is 1.61 bits per heavy atom. The molecular weight excluding hydrogens is 232 g/mol. The molecule has 1 aromatic rings. The van der Waals surface area contributed by atoms with Crippen LogP contribution in [-0.2, 0) is 11.3 Å². The minimum atomic E-state index is -0.169. The second-order valence-electron chi connectivity index (χ2n) is 4.78. The molecule has 1 heterocycles. The fourth-order valence-electron chi connectivity index (χ4n) is 2.20. The Kier molecular flexibility index (Phi) is 4.38. The Labute approximate surface area is 107 Å². The number of amides is 1. The largest absolute Gasteiger partial charge is 0.393 e. The quantitative estimate of drug-likeness (QED) is 0.780. The van der Waals surface area contributed by atoms with Gasteiger partial charge in [-0.3, -0.25) is 4.79 Å². The lowest BCUT2D eigenvalue weighted by atomic mass is 9.82. The Morgan fingerprint density at radius 3 is 3.06 bits per heavy atom. The average molecular weight is 252 g/mol. The van der Waals surface area contributed by atoms with E-state index in [4.69, 9.17) is 4.74 Å². The van der Waals surface area contributed by atoms with E-state index >= 15 is 0 Å². The fraction of sp³-hybridized carbons (Fsp3) is 0.615. The topological polar surface area (TPSA) is 63.5 Å². The number of hydrogen-bond donors (Lipinski definition) is 2. The van der Waals surface area contributed by atoms with Crippen LogP contribution < -0.4 is 5.32 Å². The molecule has 0 saturated heterocycles. The van der Waals surface area contributed by atoms with Gasteiger partial charge in [-0.2, -0.15) is 0 Å². The van der Waals surface area contributed by atoms with Crippen LogP contribution in [0.25, 0.3) is 0 Å². The first kappa shape index (κ1) is 13.1. The van der Waals surface area contributed by atoms with Crippen LogP contribution in [0.1, 0.15) is 23.3 Å². The third kappa shape index (κ3) is 3.11. The third-order valence-corrected chi connectivity index (χ3v) is 3.36. The number of aromatic nitrogens is 1. The van der Waals surface area contributed by atoms with Gasteiger partial charge in [0, 0.05) is 26.4 Å². The van der Waals surface area contributed by atoms with Crippen LogP contribution in [0.3, 0.4) is 0 Å². The molecule has 1 aliphatic rings. The van der Waals surface area contributed by atoms with Crippen LogP contribution in [0.4, 0.5) is 0 Å². The number of methoxy groups -OCH3 is 1. The molecule has 1 fully saturated rings. The summed E-state index contributed by atoms with van der Waals surface area (Å²) >= 11 is 0. The van der Waals surface area contributed by atoms with Crippen LogP contribution in [0.15, 0.2) is 18.3 Å². The lowest BCUT2D eigenvalue weighted by molar-refractivity contribution is 0.0419. The van der Waals surface area contributed by atoms with E-state index in [0.29, 0.717) is 31.3 Å². The molecule has 0 bridgehead atoms. The van der Waals surface area contributed by atoms with E-state index in [1.165, 1.54) is 0 Å². The van der Waals surface area contributed by atoms with Gasteiger partial charge in [0.25, 0.3) is 5.91 Å². The predicted octanol–water partition coefficient (Wildman–Crippen LogP) is 0.635. The Bertz CT molecular complexity index is 397. The summed E-state index contributed by atoms with van der Waals surface area (Å²) in [6.45, 7) is 1.91. The summed E-state index contributed by atoms with van der Waals surface area (Å²) in [6, 6.07) is 3.66. The zero-order chi connectivity index (χ0) is 13.0. The standard InChI is InChI=1S/C13H20N2O3/c1-18-6-5-15-4-2-3-12(15)13(17)14-9-10-7-11(16)8-10/h2-4,10-11,16H,5-9H2,1H3,(H,14,17). The van der Waals surface area contributed by atoms with Crippen molar-refractivity contribution in [2.24, 2.45) is 5.92 Å². The zero-order valence-electron chi connectivity index (χ0n) is 10.6. The number of nitrogens with zero attached hydrogens (tertiary/aromatic N) is 1. The molecule has 5 heteroatoms. The summed E-state index contributed by atoms with van der Waals surface area (Å²) < 4.78 is 6.89. The first-order valence-corrected chi connectivity index (χ1v) is 6.31. The van der Waals surface area contributed by atoms with Crippen molar-refractivity contribution in [3.63, 3.8) is 0 Å². The molecule has 1 amide bonds. The molecule has 1 saturated carbocycles. The Balaban J connectivity index is 1.82. The van der Waals surface area contributed by atoms with Gasteiger partial charge in [0.15, 0.2) is 0 Å². The molecule has 0 aromatic carbocycles. The molecule has 1 aromatic heterocycles. The van der Waals surface area contributed by atoms with Crippen molar-refractivity contribution in [2.45, 2.75) is 25.5 Å². The maximum absolute atomic E-state index is 12.0. The summed E-state index contributed by atoms with van der Waals surface area (Å²) in [7, 11) is 1.64. The first-order chi connectivity index (χ1) is 8.70. The molecular formula is C13H20N2O3. The van der Waals surface area contributed by atoms with Crippen LogP contribution in [0, 0.1) is 5.92 Å². The van der Waals surface area contributed by atoms with Gasteiger partial charge in [-0.05, 0) is 30.9 Å². The highest BCUT2D eigenvalue weighted by atomic mass is 16.5. The number of aliphatic hydroxyl groups is 1. The van der Waals surface area contributed by atoms with Crippen molar-refractivity contribution < 1.29 is 14.6 Å². The van der Waals surface area contributed by atoms with E-state index in [1.807, 2.05) is 16.8 Å². The summed E-state index contributed by atoms with van der Waals surface area (Å²) in [6.07, 6.45) is 3.30. The van der Waals surface area contributed by atoms with E-state index in [2.05, 4.69) is 5.32 Å². The van der Waals surface area contributed by atoms with E-state index in [9.17, 15) is 9.90 Å². The number of aliphatic hydroxyl groups excluding tert-OH is 1. The van der Waals surface area contributed by atoms with Crippen molar-refractivity contribution in [1.29, 1.82) is 0 Å². The molecule has 0 unspecified atom stereocenters. The van der Waals surface area contributed by atoms with Gasteiger partial charge >= 0.3 is 0 Å². The molecule has 18 heavy (non-hydrogen) atoms. The molecule has 100 valence electrons. The zero-order valence-corrected chi connectivity index (χ0v) is 10.6. The number of rotatable bonds is 6. The Hall–Kier alpha value is -1.33. The molecule has 0 aliphatic heterocycles. The normalized spacial score (nSPS) is 22.6. The lowest BCUT2D eigenvalue weighted by Crippen LogP contribution is -2.38. The highest BCUT2D eigenvalue weighted by molar-refractivity contribution is 5.92. The highest BCUT2D eigenvalue weighted by Gasteiger charge is 2.27. The molecule has 0 radical (unpaired) electrons. The van der Waals surface area contributed by atoms with Gasteiger partial charge in [0.2, 0.25) is 0 Å². The second-order valence-corrected chi connectivity index (χ2v) is 4.78. The predicted molar refractivity (Wildman–Crippen MR) is 67.4 cm³/mol. The summed E-state index contributed by atoms with van der Waals surface area (Å²) in [4.78, 5) is 12.0. The first-order valence-electron chi connectivity index (χ1n) is 6.31. The molecule has 5 nitrogen and oxygen atoms in total. The number of ether oxygens (including phenoxy) is 1. The second kappa shape index (κ2) is 6.02. The van der Waals surface area contributed by atoms with E-state index in [-0.39, 0.29) is 12.0 Å². The molecule has 0 atom stereocenters. The van der Waals surface area contributed by atoms with Crippen LogP contribution >= 0.6 is 0 Å². The van der Waals surface area contributed by atoms with Crippen molar-refractivity contribution in [2.75, 3.05) is 20.3 Å². The van der Waals surface area contributed by atoms with Gasteiger partial charge in [-0.15, -0.1) is 0 Å². The van der Waals surface area contributed by atoms with Crippen LogP contribution in [0.5, 0.6) is 0 Å².